The lowest BCUT2D eigenvalue weighted by atomic mass is 10.1. The van der Waals surface area contributed by atoms with Gasteiger partial charge in [-0.3, -0.25) is 4.98 Å². The Hall–Kier alpha value is -2.24. The number of nitrogens with one attached hydrogen (secondary N) is 3. The van der Waals surface area contributed by atoms with Crippen molar-refractivity contribution in [1.82, 2.24) is 15.6 Å². The number of hydrogen-bond donors (Lipinski definition) is 3. The average molecular weight is 263 g/mol. The number of carbonyl (C=O) groups is 1. The van der Waals surface area contributed by atoms with Gasteiger partial charge in [-0.15, -0.1) is 0 Å². The van der Waals surface area contributed by atoms with Crippen LogP contribution in [-0.4, -0.2) is 23.6 Å². The molecule has 0 saturated carbocycles. The molecule has 0 unspecified atom stereocenters. The minimum Gasteiger partial charge on any atom is -0.408 e. The zero-order valence-corrected chi connectivity index (χ0v) is 10.9. The number of aromatic amines is 1. The predicted octanol–water partition coefficient (Wildman–Crippen LogP) is 1.37. The SMILES string of the molecule is CC(C)NC(=O)NCCc1ccc2oc(=O)[nH]c2c1. The third kappa shape index (κ3) is 3.61. The van der Waals surface area contributed by atoms with E-state index in [1.165, 1.54) is 0 Å². The van der Waals surface area contributed by atoms with Gasteiger partial charge in [0.1, 0.15) is 0 Å². The molecule has 0 radical (unpaired) electrons. The molecular formula is C13H17N3O3. The first-order valence-electron chi connectivity index (χ1n) is 6.21. The molecule has 102 valence electrons. The Morgan fingerprint density at radius 1 is 1.42 bits per heavy atom. The number of amides is 2. The maximum Gasteiger partial charge on any atom is 0.417 e. The van der Waals surface area contributed by atoms with Gasteiger partial charge >= 0.3 is 11.8 Å². The second-order valence-electron chi connectivity index (χ2n) is 4.65. The molecule has 1 aromatic heterocycles. The first kappa shape index (κ1) is 13.2. The largest absolute Gasteiger partial charge is 0.417 e. The van der Waals surface area contributed by atoms with E-state index in [4.69, 9.17) is 4.42 Å². The first-order valence-corrected chi connectivity index (χ1v) is 6.21. The fourth-order valence-electron chi connectivity index (χ4n) is 1.79. The lowest BCUT2D eigenvalue weighted by Crippen LogP contribution is -2.40. The summed E-state index contributed by atoms with van der Waals surface area (Å²) < 4.78 is 4.92. The Bertz CT molecular complexity index is 627. The van der Waals surface area contributed by atoms with E-state index in [1.807, 2.05) is 26.0 Å². The molecule has 3 N–H and O–H groups in total. The highest BCUT2D eigenvalue weighted by Crippen LogP contribution is 2.12. The molecule has 2 aromatic rings. The lowest BCUT2D eigenvalue weighted by molar-refractivity contribution is 0.238. The summed E-state index contributed by atoms with van der Waals surface area (Å²) in [6.07, 6.45) is 0.689. The summed E-state index contributed by atoms with van der Waals surface area (Å²) in [4.78, 5) is 25.0. The first-order chi connectivity index (χ1) is 9.04. The summed E-state index contributed by atoms with van der Waals surface area (Å²) in [7, 11) is 0. The van der Waals surface area contributed by atoms with Gasteiger partial charge in [0.05, 0.1) is 5.52 Å². The topological polar surface area (TPSA) is 87.1 Å². The molecule has 2 amide bonds. The molecule has 0 atom stereocenters. The van der Waals surface area contributed by atoms with E-state index in [0.29, 0.717) is 24.1 Å². The third-order valence-electron chi connectivity index (χ3n) is 2.60. The zero-order valence-electron chi connectivity index (χ0n) is 10.9. The van der Waals surface area contributed by atoms with Crippen molar-refractivity contribution >= 4 is 17.1 Å². The van der Waals surface area contributed by atoms with Crippen molar-refractivity contribution in [3.05, 3.63) is 34.3 Å². The van der Waals surface area contributed by atoms with E-state index in [0.717, 1.165) is 5.56 Å². The van der Waals surface area contributed by atoms with Crippen molar-refractivity contribution in [3.8, 4) is 0 Å². The van der Waals surface area contributed by atoms with E-state index in [1.54, 1.807) is 6.07 Å². The number of benzene rings is 1. The molecule has 0 spiro atoms. The molecule has 0 fully saturated rings. The normalized spacial score (nSPS) is 10.9. The summed E-state index contributed by atoms with van der Waals surface area (Å²) in [5, 5.41) is 5.52. The van der Waals surface area contributed by atoms with Gasteiger partial charge in [-0.1, -0.05) is 6.07 Å². The van der Waals surface area contributed by atoms with Crippen LogP contribution in [-0.2, 0) is 6.42 Å². The van der Waals surface area contributed by atoms with E-state index in [2.05, 4.69) is 15.6 Å². The number of oxazole rings is 1. The molecule has 1 aromatic carbocycles. The maximum absolute atomic E-state index is 11.4. The molecule has 1 heterocycles. The standard InChI is InChI=1S/C13H17N3O3/c1-8(2)15-12(17)14-6-5-9-3-4-11-10(7-9)16-13(18)19-11/h3-4,7-8H,5-6H2,1-2H3,(H,16,18)(H2,14,15,17). The van der Waals surface area contributed by atoms with Crippen LogP contribution in [0.4, 0.5) is 4.79 Å². The average Bonchev–Trinajstić information content (AvgIpc) is 2.67. The van der Waals surface area contributed by atoms with Crippen molar-refractivity contribution in [2.75, 3.05) is 6.54 Å². The van der Waals surface area contributed by atoms with Gasteiger partial charge in [0.15, 0.2) is 5.58 Å². The fourth-order valence-corrected chi connectivity index (χ4v) is 1.79. The van der Waals surface area contributed by atoms with Crippen LogP contribution in [0, 0.1) is 0 Å². The van der Waals surface area contributed by atoms with Gasteiger partial charge in [0.2, 0.25) is 0 Å². The molecule has 19 heavy (non-hydrogen) atoms. The number of carbonyl (C=O) groups excluding carboxylic acids is 1. The van der Waals surface area contributed by atoms with E-state index in [-0.39, 0.29) is 12.1 Å². The smallest absolute Gasteiger partial charge is 0.408 e. The minimum atomic E-state index is -0.457. The number of rotatable bonds is 4. The van der Waals surface area contributed by atoms with Crippen LogP contribution in [0.5, 0.6) is 0 Å². The second kappa shape index (κ2) is 5.60. The Balaban J connectivity index is 1.91. The quantitative estimate of drug-likeness (QED) is 0.778. The molecule has 6 heteroatoms. The van der Waals surface area contributed by atoms with Gasteiger partial charge in [0.25, 0.3) is 0 Å². The van der Waals surface area contributed by atoms with Crippen molar-refractivity contribution in [3.63, 3.8) is 0 Å². The Labute approximate surface area is 110 Å². The molecule has 0 aliphatic heterocycles. The Morgan fingerprint density at radius 3 is 2.95 bits per heavy atom. The summed E-state index contributed by atoms with van der Waals surface area (Å²) in [5.41, 5.74) is 2.24. The van der Waals surface area contributed by atoms with Gasteiger partial charge in [-0.05, 0) is 38.0 Å². The van der Waals surface area contributed by atoms with Crippen LogP contribution < -0.4 is 16.4 Å². The van der Waals surface area contributed by atoms with Crippen molar-refractivity contribution in [2.45, 2.75) is 26.3 Å². The van der Waals surface area contributed by atoms with Crippen LogP contribution in [0.1, 0.15) is 19.4 Å². The number of hydrogen-bond acceptors (Lipinski definition) is 3. The molecule has 0 bridgehead atoms. The highest BCUT2D eigenvalue weighted by atomic mass is 16.4. The van der Waals surface area contributed by atoms with Gasteiger partial charge in [0, 0.05) is 12.6 Å². The predicted molar refractivity (Wildman–Crippen MR) is 72.2 cm³/mol. The minimum absolute atomic E-state index is 0.118. The number of fused-ring (bicyclic) bond motifs is 1. The number of urea groups is 1. The number of H-pyrrole nitrogens is 1. The Kier molecular flexibility index (Phi) is 3.89. The molecule has 0 saturated heterocycles. The molecule has 0 aliphatic carbocycles. The van der Waals surface area contributed by atoms with Crippen LogP contribution >= 0.6 is 0 Å². The van der Waals surface area contributed by atoms with Crippen LogP contribution in [0.3, 0.4) is 0 Å². The fraction of sp³-hybridized carbons (Fsp3) is 0.385. The summed E-state index contributed by atoms with van der Waals surface area (Å²) in [6, 6.07) is 5.42. The van der Waals surface area contributed by atoms with Gasteiger partial charge < -0.3 is 15.1 Å². The molecule has 2 rings (SSSR count). The summed E-state index contributed by atoms with van der Waals surface area (Å²) in [6.45, 7) is 4.34. The number of aromatic nitrogens is 1. The van der Waals surface area contributed by atoms with Crippen LogP contribution in [0.25, 0.3) is 11.1 Å². The summed E-state index contributed by atoms with van der Waals surface area (Å²) in [5.74, 6) is -0.457. The van der Waals surface area contributed by atoms with Crippen LogP contribution in [0.15, 0.2) is 27.4 Å². The van der Waals surface area contributed by atoms with Crippen LogP contribution in [0.2, 0.25) is 0 Å². The summed E-state index contributed by atoms with van der Waals surface area (Å²) >= 11 is 0. The van der Waals surface area contributed by atoms with E-state index >= 15 is 0 Å². The molecule has 0 aliphatic rings. The van der Waals surface area contributed by atoms with Crippen molar-refractivity contribution < 1.29 is 9.21 Å². The second-order valence-corrected chi connectivity index (χ2v) is 4.65. The van der Waals surface area contributed by atoms with Gasteiger partial charge in [-0.25, -0.2) is 9.59 Å². The zero-order chi connectivity index (χ0) is 13.8. The highest BCUT2D eigenvalue weighted by molar-refractivity contribution is 5.74. The molecule has 6 nitrogen and oxygen atoms in total. The lowest BCUT2D eigenvalue weighted by Gasteiger charge is -2.09. The van der Waals surface area contributed by atoms with Crippen molar-refractivity contribution in [1.29, 1.82) is 0 Å². The Morgan fingerprint density at radius 2 is 2.21 bits per heavy atom. The molecular weight excluding hydrogens is 246 g/mol. The van der Waals surface area contributed by atoms with Gasteiger partial charge in [-0.2, -0.15) is 0 Å². The monoisotopic (exact) mass is 263 g/mol. The maximum atomic E-state index is 11.4. The van der Waals surface area contributed by atoms with E-state index < -0.39 is 5.76 Å². The van der Waals surface area contributed by atoms with E-state index in [9.17, 15) is 9.59 Å². The third-order valence-corrected chi connectivity index (χ3v) is 2.60. The highest BCUT2D eigenvalue weighted by Gasteiger charge is 2.04. The van der Waals surface area contributed by atoms with Crippen molar-refractivity contribution in [2.24, 2.45) is 0 Å².